The van der Waals surface area contributed by atoms with Gasteiger partial charge in [0.1, 0.15) is 11.3 Å². The fourth-order valence-corrected chi connectivity index (χ4v) is 2.64. The molecule has 1 heterocycles. The monoisotopic (exact) mass is 298 g/mol. The third kappa shape index (κ3) is 3.80. The van der Waals surface area contributed by atoms with Crippen LogP contribution in [0.15, 0.2) is 24.4 Å². The van der Waals surface area contributed by atoms with E-state index in [1.807, 2.05) is 0 Å². The van der Waals surface area contributed by atoms with Gasteiger partial charge in [0.2, 0.25) is 0 Å². The van der Waals surface area contributed by atoms with Crippen LogP contribution in [0, 0.1) is 11.6 Å². The minimum atomic E-state index is -0.652. The van der Waals surface area contributed by atoms with Crippen molar-refractivity contribution in [1.82, 2.24) is 4.98 Å². The Bertz CT molecular complexity index is 580. The number of aliphatic hydroxyl groups excluding tert-OH is 1. The number of benzene rings is 1. The summed E-state index contributed by atoms with van der Waals surface area (Å²) in [4.78, 5) is 3.94. The Morgan fingerprint density at radius 1 is 1.25 bits per heavy atom. The van der Waals surface area contributed by atoms with Crippen molar-refractivity contribution in [1.29, 1.82) is 0 Å². The van der Waals surface area contributed by atoms with Gasteiger partial charge in [-0.3, -0.25) is 4.98 Å². The van der Waals surface area contributed by atoms with Crippen molar-refractivity contribution in [2.75, 3.05) is 30.0 Å². The zero-order chi connectivity index (χ0) is 14.4. The molecule has 0 unspecified atom stereocenters. The summed E-state index contributed by atoms with van der Waals surface area (Å²) in [5.74, 6) is 0.504. The lowest BCUT2D eigenvalue weighted by molar-refractivity contribution is 0.296. The molecule has 108 valence electrons. The zero-order valence-corrected chi connectivity index (χ0v) is 11.7. The second kappa shape index (κ2) is 7.40. The number of anilines is 1. The molecule has 2 rings (SSSR count). The van der Waals surface area contributed by atoms with Crippen LogP contribution in [0.1, 0.15) is 6.42 Å². The Balaban J connectivity index is 2.03. The summed E-state index contributed by atoms with van der Waals surface area (Å²) in [6.45, 7) is 0.890. The lowest BCUT2D eigenvalue weighted by Crippen LogP contribution is -2.06. The van der Waals surface area contributed by atoms with E-state index in [1.165, 1.54) is 12.3 Å². The molecule has 0 saturated heterocycles. The summed E-state index contributed by atoms with van der Waals surface area (Å²) in [6.07, 6.45) is 2.28. The number of hydrogen-bond donors (Lipinski definition) is 2. The number of thioether (sulfide) groups is 1. The number of hydrogen-bond acceptors (Lipinski definition) is 4. The number of aliphatic hydroxyl groups is 1. The number of aromatic nitrogens is 1. The van der Waals surface area contributed by atoms with Crippen LogP contribution in [-0.2, 0) is 0 Å². The van der Waals surface area contributed by atoms with Crippen molar-refractivity contribution in [3.05, 3.63) is 36.0 Å². The van der Waals surface area contributed by atoms with Crippen LogP contribution >= 0.6 is 11.8 Å². The second-order valence-electron chi connectivity index (χ2n) is 4.26. The average Bonchev–Trinajstić information content (AvgIpc) is 2.43. The Morgan fingerprint density at radius 3 is 2.90 bits per heavy atom. The maximum absolute atomic E-state index is 13.6. The molecule has 3 nitrogen and oxygen atoms in total. The van der Waals surface area contributed by atoms with Gasteiger partial charge in [0.05, 0.1) is 0 Å². The summed E-state index contributed by atoms with van der Waals surface area (Å²) >= 11 is 1.72. The maximum Gasteiger partial charge on any atom is 0.152 e. The molecule has 0 aliphatic heterocycles. The molecule has 0 bridgehead atoms. The quantitative estimate of drug-likeness (QED) is 0.771. The predicted octanol–water partition coefficient (Wildman–Crippen LogP) is 3.04. The molecule has 0 aliphatic rings. The zero-order valence-electron chi connectivity index (χ0n) is 10.9. The third-order valence-corrected chi connectivity index (χ3v) is 3.84. The van der Waals surface area contributed by atoms with Gasteiger partial charge in [0.15, 0.2) is 5.82 Å². The van der Waals surface area contributed by atoms with E-state index in [0.717, 1.165) is 24.0 Å². The van der Waals surface area contributed by atoms with Gasteiger partial charge in [-0.1, -0.05) is 0 Å². The Hall–Kier alpha value is -1.40. The van der Waals surface area contributed by atoms with E-state index in [0.29, 0.717) is 17.6 Å². The number of nitrogens with one attached hydrogen (secondary N) is 1. The van der Waals surface area contributed by atoms with Crippen LogP contribution in [0.25, 0.3) is 10.9 Å². The summed E-state index contributed by atoms with van der Waals surface area (Å²) in [6, 6.07) is 3.83. The lowest BCUT2D eigenvalue weighted by atomic mass is 10.1. The SMILES string of the molecule is OCCCSCCNc1ccnc2c(F)cc(F)cc12. The van der Waals surface area contributed by atoms with Gasteiger partial charge in [0, 0.05) is 42.2 Å². The highest BCUT2D eigenvalue weighted by Crippen LogP contribution is 2.24. The van der Waals surface area contributed by atoms with E-state index in [2.05, 4.69) is 10.3 Å². The highest BCUT2D eigenvalue weighted by atomic mass is 32.2. The van der Waals surface area contributed by atoms with Crippen molar-refractivity contribution in [2.24, 2.45) is 0 Å². The number of nitrogens with zero attached hydrogens (tertiary/aromatic N) is 1. The van der Waals surface area contributed by atoms with Gasteiger partial charge in [-0.25, -0.2) is 8.78 Å². The van der Waals surface area contributed by atoms with Crippen molar-refractivity contribution in [2.45, 2.75) is 6.42 Å². The molecule has 0 amide bonds. The highest BCUT2D eigenvalue weighted by molar-refractivity contribution is 7.99. The van der Waals surface area contributed by atoms with Crippen LogP contribution in [-0.4, -0.2) is 34.7 Å². The van der Waals surface area contributed by atoms with Gasteiger partial charge >= 0.3 is 0 Å². The predicted molar refractivity (Wildman–Crippen MR) is 79.2 cm³/mol. The summed E-state index contributed by atoms with van der Waals surface area (Å²) in [7, 11) is 0. The average molecular weight is 298 g/mol. The van der Waals surface area contributed by atoms with Crippen molar-refractivity contribution < 1.29 is 13.9 Å². The molecule has 2 N–H and O–H groups in total. The lowest BCUT2D eigenvalue weighted by Gasteiger charge is -2.09. The van der Waals surface area contributed by atoms with Gasteiger partial charge in [0.25, 0.3) is 0 Å². The first kappa shape index (κ1) is 15.0. The van der Waals surface area contributed by atoms with Crippen LogP contribution in [0.5, 0.6) is 0 Å². The molecular formula is C14H16F2N2OS. The van der Waals surface area contributed by atoms with Crippen LogP contribution in [0.4, 0.5) is 14.5 Å². The highest BCUT2D eigenvalue weighted by Gasteiger charge is 2.08. The van der Waals surface area contributed by atoms with E-state index in [4.69, 9.17) is 5.11 Å². The first-order chi connectivity index (χ1) is 9.72. The Kier molecular flexibility index (Phi) is 5.55. The van der Waals surface area contributed by atoms with Gasteiger partial charge in [-0.15, -0.1) is 0 Å². The first-order valence-corrected chi connectivity index (χ1v) is 7.54. The van der Waals surface area contributed by atoms with Crippen molar-refractivity contribution in [3.63, 3.8) is 0 Å². The molecular weight excluding hydrogens is 282 g/mol. The van der Waals surface area contributed by atoms with Crippen LogP contribution in [0.3, 0.4) is 0 Å². The molecule has 1 aromatic carbocycles. The number of fused-ring (bicyclic) bond motifs is 1. The molecule has 0 spiro atoms. The Labute approximate surface area is 120 Å². The number of rotatable bonds is 7. The number of halogens is 2. The topological polar surface area (TPSA) is 45.1 Å². The minimum absolute atomic E-state index is 0.171. The van der Waals surface area contributed by atoms with Gasteiger partial charge < -0.3 is 10.4 Å². The molecule has 0 aliphatic carbocycles. The van der Waals surface area contributed by atoms with Crippen molar-refractivity contribution in [3.8, 4) is 0 Å². The Morgan fingerprint density at radius 2 is 2.10 bits per heavy atom. The number of pyridine rings is 1. The van der Waals surface area contributed by atoms with Crippen LogP contribution in [0.2, 0.25) is 0 Å². The minimum Gasteiger partial charge on any atom is -0.396 e. The summed E-state index contributed by atoms with van der Waals surface area (Å²) in [5.41, 5.74) is 0.848. The standard InChI is InChI=1S/C14H16F2N2OS/c15-10-8-11-13(17-4-7-20-6-1-5-19)2-3-18-14(11)12(16)9-10/h2-3,8-9,19H,1,4-7H2,(H,17,18). The normalized spacial score (nSPS) is 10.9. The molecule has 0 fully saturated rings. The molecule has 20 heavy (non-hydrogen) atoms. The van der Waals surface area contributed by atoms with Gasteiger partial charge in [-0.05, 0) is 24.3 Å². The molecule has 0 saturated carbocycles. The van der Waals surface area contributed by atoms with Crippen molar-refractivity contribution >= 4 is 28.4 Å². The largest absolute Gasteiger partial charge is 0.396 e. The third-order valence-electron chi connectivity index (χ3n) is 2.77. The molecule has 2 aromatic rings. The van der Waals surface area contributed by atoms with E-state index in [-0.39, 0.29) is 12.1 Å². The van der Waals surface area contributed by atoms with Gasteiger partial charge in [-0.2, -0.15) is 11.8 Å². The smallest absolute Gasteiger partial charge is 0.152 e. The maximum atomic E-state index is 13.6. The molecule has 0 atom stereocenters. The molecule has 6 heteroatoms. The molecule has 0 radical (unpaired) electrons. The summed E-state index contributed by atoms with van der Waals surface area (Å²) < 4.78 is 26.9. The van der Waals surface area contributed by atoms with E-state index in [1.54, 1.807) is 17.8 Å². The van der Waals surface area contributed by atoms with E-state index >= 15 is 0 Å². The fraction of sp³-hybridized carbons (Fsp3) is 0.357. The first-order valence-electron chi connectivity index (χ1n) is 6.38. The molecule has 1 aromatic heterocycles. The summed E-state index contributed by atoms with van der Waals surface area (Å²) in [5, 5.41) is 12.3. The van der Waals surface area contributed by atoms with E-state index < -0.39 is 11.6 Å². The second-order valence-corrected chi connectivity index (χ2v) is 5.48. The fourth-order valence-electron chi connectivity index (χ4n) is 1.86. The van der Waals surface area contributed by atoms with Crippen LogP contribution < -0.4 is 5.32 Å². The van der Waals surface area contributed by atoms with E-state index in [9.17, 15) is 8.78 Å².